The minimum absolute atomic E-state index is 0.0913. The van der Waals surface area contributed by atoms with Gasteiger partial charge in [0.2, 0.25) is 10.0 Å². The van der Waals surface area contributed by atoms with Crippen LogP contribution in [-0.4, -0.2) is 31.3 Å². The molecule has 7 nitrogen and oxygen atoms in total. The van der Waals surface area contributed by atoms with Crippen molar-refractivity contribution >= 4 is 15.7 Å². The van der Waals surface area contributed by atoms with E-state index in [-0.39, 0.29) is 17.1 Å². The van der Waals surface area contributed by atoms with Crippen LogP contribution in [0, 0.1) is 17.0 Å². The van der Waals surface area contributed by atoms with Crippen LogP contribution < -0.4 is 4.74 Å². The first-order valence-corrected chi connectivity index (χ1v) is 9.57. The van der Waals surface area contributed by atoms with E-state index in [9.17, 15) is 18.5 Å². The first kappa shape index (κ1) is 19.9. The van der Waals surface area contributed by atoms with Crippen molar-refractivity contribution in [1.29, 1.82) is 0 Å². The van der Waals surface area contributed by atoms with Gasteiger partial charge in [-0.15, -0.1) is 0 Å². The number of hydrogen-bond donors (Lipinski definition) is 0. The molecule has 2 aromatic carbocycles. The van der Waals surface area contributed by atoms with Crippen LogP contribution in [0.1, 0.15) is 31.0 Å². The SMILES string of the molecule is CCN(C(C)c1cccc(OC)c1)S(=O)(=O)c1ccc(C)c([N+](=O)[O-])c1. The zero-order valence-electron chi connectivity index (χ0n) is 15.2. The molecule has 0 amide bonds. The van der Waals surface area contributed by atoms with Gasteiger partial charge in [-0.25, -0.2) is 8.42 Å². The number of nitrogens with zero attached hydrogens (tertiary/aromatic N) is 2. The maximum atomic E-state index is 13.1. The molecule has 0 aliphatic heterocycles. The van der Waals surface area contributed by atoms with E-state index >= 15 is 0 Å². The fraction of sp³-hybridized carbons (Fsp3) is 0.333. The van der Waals surface area contributed by atoms with Gasteiger partial charge in [0.05, 0.1) is 16.9 Å². The zero-order valence-corrected chi connectivity index (χ0v) is 16.0. The van der Waals surface area contributed by atoms with Crippen molar-refractivity contribution in [2.45, 2.75) is 31.7 Å². The third kappa shape index (κ3) is 3.86. The van der Waals surface area contributed by atoms with E-state index in [1.165, 1.54) is 16.4 Å². The van der Waals surface area contributed by atoms with Gasteiger partial charge in [-0.05, 0) is 37.6 Å². The van der Waals surface area contributed by atoms with E-state index in [4.69, 9.17) is 4.74 Å². The third-order valence-corrected chi connectivity index (χ3v) is 6.35. The van der Waals surface area contributed by atoms with Gasteiger partial charge >= 0.3 is 0 Å². The first-order valence-electron chi connectivity index (χ1n) is 8.13. The van der Waals surface area contributed by atoms with Crippen molar-refractivity contribution < 1.29 is 18.1 Å². The lowest BCUT2D eigenvalue weighted by atomic mass is 10.1. The van der Waals surface area contributed by atoms with Crippen LogP contribution >= 0.6 is 0 Å². The second-order valence-corrected chi connectivity index (χ2v) is 7.76. The van der Waals surface area contributed by atoms with Crippen LogP contribution in [0.25, 0.3) is 0 Å². The van der Waals surface area contributed by atoms with E-state index < -0.39 is 21.0 Å². The highest BCUT2D eigenvalue weighted by Crippen LogP contribution is 2.31. The molecular formula is C18H22N2O5S. The number of nitro benzene ring substituents is 1. The molecule has 0 aliphatic rings. The standard InChI is InChI=1S/C18H22N2O5S/c1-5-19(14(3)15-7-6-8-16(11-15)25-4)26(23,24)17-10-9-13(2)18(12-17)20(21)22/h6-12,14H,5H2,1-4H3. The van der Waals surface area contributed by atoms with Gasteiger partial charge in [0.25, 0.3) is 5.69 Å². The summed E-state index contributed by atoms with van der Waals surface area (Å²) in [5.74, 6) is 0.633. The summed E-state index contributed by atoms with van der Waals surface area (Å²) < 4.78 is 32.7. The lowest BCUT2D eigenvalue weighted by Gasteiger charge is -2.27. The molecule has 0 radical (unpaired) electrons. The monoisotopic (exact) mass is 378 g/mol. The predicted octanol–water partition coefficient (Wildman–Crippen LogP) is 3.68. The number of aryl methyl sites for hydroxylation is 1. The minimum atomic E-state index is -3.90. The normalized spacial score (nSPS) is 12.8. The van der Waals surface area contributed by atoms with Crippen molar-refractivity contribution in [3.05, 3.63) is 63.7 Å². The Labute approximate surface area is 153 Å². The van der Waals surface area contributed by atoms with Gasteiger partial charge in [0.15, 0.2) is 0 Å². The molecule has 8 heteroatoms. The highest BCUT2D eigenvalue weighted by Gasteiger charge is 2.30. The van der Waals surface area contributed by atoms with Gasteiger partial charge in [-0.3, -0.25) is 10.1 Å². The van der Waals surface area contributed by atoms with E-state index in [1.54, 1.807) is 46.1 Å². The largest absolute Gasteiger partial charge is 0.497 e. The average molecular weight is 378 g/mol. The highest BCUT2D eigenvalue weighted by atomic mass is 32.2. The van der Waals surface area contributed by atoms with Gasteiger partial charge < -0.3 is 4.74 Å². The topological polar surface area (TPSA) is 89.8 Å². The van der Waals surface area contributed by atoms with Crippen molar-refractivity contribution in [2.75, 3.05) is 13.7 Å². The Hall–Kier alpha value is -2.45. The van der Waals surface area contributed by atoms with Gasteiger partial charge in [-0.1, -0.05) is 25.1 Å². The first-order chi connectivity index (χ1) is 12.2. The molecule has 0 fully saturated rings. The van der Waals surface area contributed by atoms with E-state index in [0.717, 1.165) is 11.6 Å². The number of hydrogen-bond acceptors (Lipinski definition) is 5. The zero-order chi connectivity index (χ0) is 19.5. The third-order valence-electron chi connectivity index (χ3n) is 4.30. The Morgan fingerprint density at radius 3 is 2.50 bits per heavy atom. The summed E-state index contributed by atoms with van der Waals surface area (Å²) in [6.45, 7) is 5.31. The summed E-state index contributed by atoms with van der Waals surface area (Å²) >= 11 is 0. The summed E-state index contributed by atoms with van der Waals surface area (Å²) in [6.07, 6.45) is 0. The molecule has 0 spiro atoms. The van der Waals surface area contributed by atoms with Crippen LogP contribution in [0.15, 0.2) is 47.4 Å². The minimum Gasteiger partial charge on any atom is -0.497 e. The second-order valence-electron chi connectivity index (χ2n) is 5.87. The van der Waals surface area contributed by atoms with Crippen molar-refractivity contribution in [3.63, 3.8) is 0 Å². The number of benzene rings is 2. The van der Waals surface area contributed by atoms with Crippen molar-refractivity contribution in [3.8, 4) is 5.75 Å². The van der Waals surface area contributed by atoms with Crippen LogP contribution in [0.5, 0.6) is 5.75 Å². The summed E-state index contributed by atoms with van der Waals surface area (Å²) in [7, 11) is -2.36. The smallest absolute Gasteiger partial charge is 0.273 e. The summed E-state index contributed by atoms with van der Waals surface area (Å²) in [5.41, 5.74) is 0.977. The molecule has 1 unspecified atom stereocenters. The van der Waals surface area contributed by atoms with Crippen molar-refractivity contribution in [1.82, 2.24) is 4.31 Å². The fourth-order valence-corrected chi connectivity index (χ4v) is 4.45. The average Bonchev–Trinajstić information content (AvgIpc) is 2.61. The number of sulfonamides is 1. The summed E-state index contributed by atoms with van der Waals surface area (Å²) in [4.78, 5) is 10.5. The van der Waals surface area contributed by atoms with Gasteiger partial charge in [0.1, 0.15) is 5.75 Å². The van der Waals surface area contributed by atoms with Crippen LogP contribution in [-0.2, 0) is 10.0 Å². The number of ether oxygens (including phenoxy) is 1. The molecular weight excluding hydrogens is 356 g/mol. The predicted molar refractivity (Wildman–Crippen MR) is 98.8 cm³/mol. The van der Waals surface area contributed by atoms with Crippen LogP contribution in [0.3, 0.4) is 0 Å². The van der Waals surface area contributed by atoms with Gasteiger partial charge in [0, 0.05) is 24.2 Å². The number of rotatable bonds is 7. The van der Waals surface area contributed by atoms with Crippen molar-refractivity contribution in [2.24, 2.45) is 0 Å². The van der Waals surface area contributed by atoms with Crippen LogP contribution in [0.4, 0.5) is 5.69 Å². The molecule has 0 bridgehead atoms. The fourth-order valence-electron chi connectivity index (χ4n) is 2.80. The molecule has 0 aliphatic carbocycles. The summed E-state index contributed by atoms with van der Waals surface area (Å²) in [5, 5.41) is 11.1. The molecule has 0 aromatic heterocycles. The maximum Gasteiger partial charge on any atom is 0.273 e. The Bertz CT molecular complexity index is 912. The van der Waals surface area contributed by atoms with E-state index in [2.05, 4.69) is 0 Å². The second kappa shape index (κ2) is 7.84. The molecule has 0 saturated heterocycles. The molecule has 2 rings (SSSR count). The Morgan fingerprint density at radius 2 is 1.92 bits per heavy atom. The quantitative estimate of drug-likeness (QED) is 0.541. The maximum absolute atomic E-state index is 13.1. The molecule has 140 valence electrons. The van der Waals surface area contributed by atoms with Crippen LogP contribution in [0.2, 0.25) is 0 Å². The van der Waals surface area contributed by atoms with E-state index in [0.29, 0.717) is 11.3 Å². The highest BCUT2D eigenvalue weighted by molar-refractivity contribution is 7.89. The Morgan fingerprint density at radius 1 is 1.23 bits per heavy atom. The van der Waals surface area contributed by atoms with Gasteiger partial charge in [-0.2, -0.15) is 4.31 Å². The molecule has 0 saturated carbocycles. The lowest BCUT2D eigenvalue weighted by molar-refractivity contribution is -0.385. The lowest BCUT2D eigenvalue weighted by Crippen LogP contribution is -2.33. The molecule has 0 heterocycles. The Kier molecular flexibility index (Phi) is 5.99. The molecule has 2 aromatic rings. The molecule has 0 N–H and O–H groups in total. The number of nitro groups is 1. The molecule has 26 heavy (non-hydrogen) atoms. The Balaban J connectivity index is 2.47. The number of methoxy groups -OCH3 is 1. The summed E-state index contributed by atoms with van der Waals surface area (Å²) in [6, 6.07) is 10.7. The molecule has 1 atom stereocenters. The van der Waals surface area contributed by atoms with E-state index in [1.807, 2.05) is 6.07 Å².